The standard InChI is InChI=1S/C26H31F2N3O9/c1-34-17-9-7-15(19(11-17)36-3)13-31(14-16-8-10-18(35-2)12-20(16)37-4)25-29-22(38-5)21(23(30-25)39-6)40-26(32,33)24(27)28/h7-12,24,32-33H,13-14H2,1-6H3. The van der Waals surface area contributed by atoms with Crippen molar-refractivity contribution in [2.24, 2.45) is 0 Å². The van der Waals surface area contributed by atoms with Crippen molar-refractivity contribution in [3.8, 4) is 40.5 Å². The van der Waals surface area contributed by atoms with E-state index in [-0.39, 0.29) is 30.8 Å². The van der Waals surface area contributed by atoms with Crippen molar-refractivity contribution in [2.45, 2.75) is 25.5 Å². The van der Waals surface area contributed by atoms with Gasteiger partial charge < -0.3 is 48.3 Å². The number of halogens is 2. The number of rotatable bonds is 14. The highest BCUT2D eigenvalue weighted by molar-refractivity contribution is 5.52. The molecule has 1 heterocycles. The monoisotopic (exact) mass is 567 g/mol. The lowest BCUT2D eigenvalue weighted by molar-refractivity contribution is -0.348. The SMILES string of the molecule is COc1ccc(CN(Cc2ccc(OC)cc2OC)c2nc(OC)c(OC(O)(O)C(F)F)c(OC)n2)c(OC)c1. The molecule has 12 nitrogen and oxygen atoms in total. The van der Waals surface area contributed by atoms with Crippen LogP contribution in [-0.4, -0.2) is 75.2 Å². The zero-order valence-corrected chi connectivity index (χ0v) is 22.8. The summed E-state index contributed by atoms with van der Waals surface area (Å²) in [6.07, 6.45) is -3.68. The Labute approximate surface area is 229 Å². The number of nitrogens with zero attached hydrogens (tertiary/aromatic N) is 3. The second kappa shape index (κ2) is 13.2. The van der Waals surface area contributed by atoms with E-state index in [2.05, 4.69) is 9.97 Å². The fourth-order valence-electron chi connectivity index (χ4n) is 3.67. The number of anilines is 1. The molecule has 3 aromatic rings. The first-order valence-electron chi connectivity index (χ1n) is 11.7. The summed E-state index contributed by atoms with van der Waals surface area (Å²) >= 11 is 0. The highest BCUT2D eigenvalue weighted by Gasteiger charge is 2.41. The second-order valence-corrected chi connectivity index (χ2v) is 8.14. The Bertz CT molecular complexity index is 1210. The van der Waals surface area contributed by atoms with Crippen LogP contribution in [0, 0.1) is 0 Å². The molecule has 2 N–H and O–H groups in total. The first-order chi connectivity index (χ1) is 19.1. The van der Waals surface area contributed by atoms with Gasteiger partial charge >= 0.3 is 12.4 Å². The van der Waals surface area contributed by atoms with E-state index >= 15 is 0 Å². The maximum atomic E-state index is 13.1. The predicted molar refractivity (Wildman–Crippen MR) is 138 cm³/mol. The van der Waals surface area contributed by atoms with Crippen LogP contribution >= 0.6 is 0 Å². The lowest BCUT2D eigenvalue weighted by Crippen LogP contribution is -2.43. The highest BCUT2D eigenvalue weighted by Crippen LogP contribution is 2.39. The van der Waals surface area contributed by atoms with E-state index in [9.17, 15) is 19.0 Å². The summed E-state index contributed by atoms with van der Waals surface area (Å²) in [5.41, 5.74) is 1.44. The van der Waals surface area contributed by atoms with Gasteiger partial charge in [-0.2, -0.15) is 18.7 Å². The Morgan fingerprint density at radius 1 is 0.725 bits per heavy atom. The van der Waals surface area contributed by atoms with Gasteiger partial charge in [-0.05, 0) is 24.3 Å². The summed E-state index contributed by atoms with van der Waals surface area (Å²) in [5.74, 6) is -3.02. The van der Waals surface area contributed by atoms with E-state index in [0.717, 1.165) is 11.1 Å². The normalized spacial score (nSPS) is 11.2. The second-order valence-electron chi connectivity index (χ2n) is 8.14. The summed E-state index contributed by atoms with van der Waals surface area (Å²) < 4.78 is 63.1. The molecule has 2 aromatic carbocycles. The molecule has 0 atom stereocenters. The van der Waals surface area contributed by atoms with Crippen LogP contribution in [0.2, 0.25) is 0 Å². The third-order valence-corrected chi connectivity index (χ3v) is 5.71. The van der Waals surface area contributed by atoms with Crippen LogP contribution in [0.3, 0.4) is 0 Å². The summed E-state index contributed by atoms with van der Waals surface area (Å²) in [7, 11) is 8.50. The predicted octanol–water partition coefficient (Wildman–Crippen LogP) is 3.02. The Morgan fingerprint density at radius 2 is 1.18 bits per heavy atom. The van der Waals surface area contributed by atoms with E-state index in [0.29, 0.717) is 23.0 Å². The minimum Gasteiger partial charge on any atom is -0.497 e. The number of methoxy groups -OCH3 is 6. The van der Waals surface area contributed by atoms with Crippen LogP contribution in [-0.2, 0) is 13.1 Å². The average Bonchev–Trinajstić information content (AvgIpc) is 2.96. The van der Waals surface area contributed by atoms with E-state index in [4.69, 9.17) is 33.2 Å². The number of benzene rings is 2. The number of aliphatic hydroxyl groups is 2. The molecule has 0 spiro atoms. The van der Waals surface area contributed by atoms with Gasteiger partial charge in [0.2, 0.25) is 11.7 Å². The van der Waals surface area contributed by atoms with E-state index in [1.54, 1.807) is 41.3 Å². The molecule has 0 fully saturated rings. The number of hydrogen-bond donors (Lipinski definition) is 2. The molecule has 3 rings (SSSR count). The highest BCUT2D eigenvalue weighted by atomic mass is 19.3. The maximum absolute atomic E-state index is 13.1. The summed E-state index contributed by atoms with van der Waals surface area (Å²) in [6.45, 7) is 0.353. The van der Waals surface area contributed by atoms with Gasteiger partial charge in [0, 0.05) is 36.3 Å². The lowest BCUT2D eigenvalue weighted by Gasteiger charge is -2.27. The zero-order valence-electron chi connectivity index (χ0n) is 22.8. The van der Waals surface area contributed by atoms with Crippen molar-refractivity contribution >= 4 is 5.95 Å². The molecule has 1 aromatic heterocycles. The third kappa shape index (κ3) is 6.82. The van der Waals surface area contributed by atoms with Gasteiger partial charge in [0.25, 0.3) is 11.8 Å². The van der Waals surface area contributed by atoms with Crippen molar-refractivity contribution in [3.63, 3.8) is 0 Å². The number of ether oxygens (including phenoxy) is 7. The van der Waals surface area contributed by atoms with Gasteiger partial charge in [0.15, 0.2) is 0 Å². The van der Waals surface area contributed by atoms with Crippen LogP contribution in [0.25, 0.3) is 0 Å². The van der Waals surface area contributed by atoms with Gasteiger partial charge in [0.05, 0.1) is 42.7 Å². The molecule has 0 saturated heterocycles. The molecule has 0 radical (unpaired) electrons. The Hall–Kier alpha value is -4.30. The van der Waals surface area contributed by atoms with Crippen LogP contribution < -0.4 is 38.1 Å². The Kier molecular flexibility index (Phi) is 9.96. The van der Waals surface area contributed by atoms with E-state index in [1.165, 1.54) is 42.7 Å². The van der Waals surface area contributed by atoms with Crippen molar-refractivity contribution in [2.75, 3.05) is 47.6 Å². The molecule has 0 bridgehead atoms. The number of alkyl halides is 2. The smallest absolute Gasteiger partial charge is 0.387 e. The zero-order chi connectivity index (χ0) is 29.4. The van der Waals surface area contributed by atoms with Crippen LogP contribution in [0.15, 0.2) is 36.4 Å². The van der Waals surface area contributed by atoms with Gasteiger partial charge in [-0.1, -0.05) is 0 Å². The molecule has 0 aliphatic heterocycles. The Morgan fingerprint density at radius 3 is 1.52 bits per heavy atom. The molecule has 40 heavy (non-hydrogen) atoms. The largest absolute Gasteiger partial charge is 0.497 e. The summed E-state index contributed by atoms with van der Waals surface area (Å²) in [4.78, 5) is 10.3. The molecule has 0 amide bonds. The summed E-state index contributed by atoms with van der Waals surface area (Å²) in [6, 6.07) is 10.6. The van der Waals surface area contributed by atoms with Crippen LogP contribution in [0.1, 0.15) is 11.1 Å². The topological polar surface area (TPSA) is 134 Å². The van der Waals surface area contributed by atoms with Crippen molar-refractivity contribution < 1.29 is 52.2 Å². The van der Waals surface area contributed by atoms with Gasteiger partial charge in [-0.25, -0.2) is 0 Å². The molecule has 218 valence electrons. The molecule has 0 saturated carbocycles. The average molecular weight is 568 g/mol. The van der Waals surface area contributed by atoms with Crippen molar-refractivity contribution in [1.82, 2.24) is 9.97 Å². The van der Waals surface area contributed by atoms with Crippen molar-refractivity contribution in [3.05, 3.63) is 47.5 Å². The summed E-state index contributed by atoms with van der Waals surface area (Å²) in [5, 5.41) is 19.2. The maximum Gasteiger partial charge on any atom is 0.387 e. The molecule has 0 aliphatic carbocycles. The van der Waals surface area contributed by atoms with E-state index < -0.39 is 18.1 Å². The Balaban J connectivity index is 2.15. The number of aromatic nitrogens is 2. The van der Waals surface area contributed by atoms with Gasteiger partial charge in [0.1, 0.15) is 23.0 Å². The minimum atomic E-state index is -3.85. The van der Waals surface area contributed by atoms with Crippen LogP contribution in [0.4, 0.5) is 14.7 Å². The number of hydrogen-bond acceptors (Lipinski definition) is 12. The van der Waals surface area contributed by atoms with Crippen LogP contribution in [0.5, 0.6) is 40.5 Å². The van der Waals surface area contributed by atoms with Gasteiger partial charge in [-0.3, -0.25) is 0 Å². The first-order valence-corrected chi connectivity index (χ1v) is 11.7. The molecule has 0 aliphatic rings. The molecular weight excluding hydrogens is 536 g/mol. The third-order valence-electron chi connectivity index (χ3n) is 5.71. The van der Waals surface area contributed by atoms with Crippen molar-refractivity contribution in [1.29, 1.82) is 0 Å². The minimum absolute atomic E-state index is 0.0234. The fraction of sp³-hybridized carbons (Fsp3) is 0.385. The van der Waals surface area contributed by atoms with Gasteiger partial charge in [-0.15, -0.1) is 0 Å². The first kappa shape index (κ1) is 30.2. The van der Waals surface area contributed by atoms with E-state index in [1.807, 2.05) is 0 Å². The quantitative estimate of drug-likeness (QED) is 0.277. The lowest BCUT2D eigenvalue weighted by atomic mass is 10.1. The fourth-order valence-corrected chi connectivity index (χ4v) is 3.67. The molecule has 0 unspecified atom stereocenters. The molecular formula is C26H31F2N3O9. The molecule has 14 heteroatoms.